The predicted octanol–water partition coefficient (Wildman–Crippen LogP) is -0.237. The van der Waals surface area contributed by atoms with Gasteiger partial charge < -0.3 is 16.2 Å². The second-order valence-electron chi connectivity index (χ2n) is 5.98. The molecule has 0 saturated heterocycles. The molecule has 2 atom stereocenters. The standard InChI is InChI=1S/C18H21N3O4/c1-12(22)6-4-5-7-13-8-10-14(11-9-13)16(23)20-15(17(24)21-25)18(2,3)19/h8-12,15,22,25H,19H2,1-3H3,(H,20,23)(H,21,24)/t12-,15-/m1/s1. The highest BCUT2D eigenvalue weighted by atomic mass is 16.5. The maximum absolute atomic E-state index is 12.3. The summed E-state index contributed by atoms with van der Waals surface area (Å²) >= 11 is 0. The number of benzene rings is 1. The van der Waals surface area contributed by atoms with Crippen molar-refractivity contribution in [2.45, 2.75) is 38.5 Å². The summed E-state index contributed by atoms with van der Waals surface area (Å²) in [6, 6.07) is 5.22. The van der Waals surface area contributed by atoms with Gasteiger partial charge in [-0.2, -0.15) is 0 Å². The Morgan fingerprint density at radius 3 is 2.28 bits per heavy atom. The Bertz CT molecular complexity index is 741. The number of carbonyl (C=O) groups excluding carboxylic acids is 2. The zero-order valence-corrected chi connectivity index (χ0v) is 14.3. The Kier molecular flexibility index (Phi) is 7.16. The van der Waals surface area contributed by atoms with Crippen LogP contribution in [-0.4, -0.2) is 39.8 Å². The first-order valence-corrected chi connectivity index (χ1v) is 7.48. The first-order chi connectivity index (χ1) is 11.6. The highest BCUT2D eigenvalue weighted by Crippen LogP contribution is 2.08. The van der Waals surface area contributed by atoms with E-state index in [0.717, 1.165) is 0 Å². The van der Waals surface area contributed by atoms with Crippen LogP contribution in [0.3, 0.4) is 0 Å². The number of hydrogen-bond acceptors (Lipinski definition) is 5. The van der Waals surface area contributed by atoms with E-state index in [4.69, 9.17) is 16.0 Å². The number of hydrogen-bond donors (Lipinski definition) is 5. The second-order valence-corrected chi connectivity index (χ2v) is 5.98. The van der Waals surface area contributed by atoms with Crippen molar-refractivity contribution in [3.63, 3.8) is 0 Å². The Morgan fingerprint density at radius 1 is 1.20 bits per heavy atom. The molecule has 132 valence electrons. The Balaban J connectivity index is 2.86. The number of nitrogens with one attached hydrogen (secondary N) is 2. The van der Waals surface area contributed by atoms with Gasteiger partial charge in [0, 0.05) is 16.7 Å². The van der Waals surface area contributed by atoms with Crippen molar-refractivity contribution in [2.75, 3.05) is 0 Å². The van der Waals surface area contributed by atoms with Crippen LogP contribution in [0.4, 0.5) is 0 Å². The lowest BCUT2D eigenvalue weighted by Crippen LogP contribution is -2.61. The van der Waals surface area contributed by atoms with Gasteiger partial charge >= 0.3 is 0 Å². The molecule has 1 rings (SSSR count). The fourth-order valence-electron chi connectivity index (χ4n) is 1.82. The normalized spacial score (nSPS) is 12.6. The average Bonchev–Trinajstić information content (AvgIpc) is 2.55. The van der Waals surface area contributed by atoms with Gasteiger partial charge in [-0.05, 0) is 56.9 Å². The zero-order chi connectivity index (χ0) is 19.0. The molecule has 0 aromatic heterocycles. The van der Waals surface area contributed by atoms with Crippen molar-refractivity contribution in [1.29, 1.82) is 0 Å². The summed E-state index contributed by atoms with van der Waals surface area (Å²) in [5.74, 6) is 9.05. The van der Waals surface area contributed by atoms with E-state index < -0.39 is 29.5 Å². The van der Waals surface area contributed by atoms with E-state index in [9.17, 15) is 9.59 Å². The summed E-state index contributed by atoms with van der Waals surface area (Å²) in [4.78, 5) is 23.9. The maximum Gasteiger partial charge on any atom is 0.267 e. The Morgan fingerprint density at radius 2 is 1.80 bits per heavy atom. The highest BCUT2D eigenvalue weighted by Gasteiger charge is 2.33. The second kappa shape index (κ2) is 8.86. The Hall–Kier alpha value is -2.84. The van der Waals surface area contributed by atoms with Gasteiger partial charge in [0.2, 0.25) is 0 Å². The molecule has 0 aliphatic carbocycles. The molecule has 1 aromatic rings. The van der Waals surface area contributed by atoms with Crippen LogP contribution in [-0.2, 0) is 4.79 Å². The SMILES string of the molecule is C[C@@H](O)C#CC#Cc1ccc(C(=O)N[C@H](C(=O)NO)C(C)(C)N)cc1. The number of rotatable bonds is 4. The van der Waals surface area contributed by atoms with E-state index >= 15 is 0 Å². The molecule has 1 aromatic carbocycles. The lowest BCUT2D eigenvalue weighted by molar-refractivity contribution is -0.132. The number of hydroxylamine groups is 1. The van der Waals surface area contributed by atoms with E-state index in [1.165, 1.54) is 12.4 Å². The molecule has 0 aliphatic heterocycles. The van der Waals surface area contributed by atoms with Crippen LogP contribution in [0.5, 0.6) is 0 Å². The number of amides is 2. The molecule has 0 fully saturated rings. The summed E-state index contributed by atoms with van der Waals surface area (Å²) in [5, 5.41) is 20.3. The molecule has 7 heteroatoms. The van der Waals surface area contributed by atoms with E-state index in [0.29, 0.717) is 11.1 Å². The van der Waals surface area contributed by atoms with Gasteiger partial charge in [0.05, 0.1) is 0 Å². The van der Waals surface area contributed by atoms with E-state index in [2.05, 4.69) is 29.0 Å². The quantitative estimate of drug-likeness (QED) is 0.293. The average molecular weight is 343 g/mol. The maximum atomic E-state index is 12.3. The molecule has 2 amide bonds. The van der Waals surface area contributed by atoms with Crippen LogP contribution in [0.15, 0.2) is 24.3 Å². The largest absolute Gasteiger partial charge is 0.381 e. The van der Waals surface area contributed by atoms with Crippen LogP contribution >= 0.6 is 0 Å². The van der Waals surface area contributed by atoms with Gasteiger partial charge in [0.15, 0.2) is 0 Å². The van der Waals surface area contributed by atoms with Crippen LogP contribution in [0.2, 0.25) is 0 Å². The molecule has 0 saturated carbocycles. The monoisotopic (exact) mass is 343 g/mol. The number of aliphatic hydroxyl groups is 1. The van der Waals surface area contributed by atoms with Crippen molar-refractivity contribution in [1.82, 2.24) is 10.8 Å². The van der Waals surface area contributed by atoms with E-state index in [-0.39, 0.29) is 0 Å². The first kappa shape index (κ1) is 20.2. The van der Waals surface area contributed by atoms with E-state index in [1.54, 1.807) is 38.1 Å². The summed E-state index contributed by atoms with van der Waals surface area (Å²) in [6.45, 7) is 4.65. The van der Waals surface area contributed by atoms with Crippen molar-refractivity contribution < 1.29 is 19.9 Å². The van der Waals surface area contributed by atoms with Crippen LogP contribution in [0, 0.1) is 23.7 Å². The molecular weight excluding hydrogens is 322 g/mol. The Labute approximate surface area is 146 Å². The summed E-state index contributed by atoms with van der Waals surface area (Å²) in [6.07, 6.45) is -0.740. The molecule has 0 aliphatic rings. The molecule has 0 bridgehead atoms. The summed E-state index contributed by atoms with van der Waals surface area (Å²) < 4.78 is 0. The van der Waals surface area contributed by atoms with Crippen LogP contribution in [0.1, 0.15) is 36.7 Å². The molecule has 0 unspecified atom stereocenters. The molecule has 6 N–H and O–H groups in total. The molecule has 0 spiro atoms. The zero-order valence-electron chi connectivity index (χ0n) is 14.3. The minimum atomic E-state index is -1.11. The van der Waals surface area contributed by atoms with Crippen molar-refractivity contribution in [3.05, 3.63) is 35.4 Å². The third-order valence-corrected chi connectivity index (χ3v) is 3.09. The minimum absolute atomic E-state index is 0.306. The molecule has 7 nitrogen and oxygen atoms in total. The molecular formula is C18H21N3O4. The predicted molar refractivity (Wildman–Crippen MR) is 92.2 cm³/mol. The van der Waals surface area contributed by atoms with Crippen LogP contribution < -0.4 is 16.5 Å². The summed E-state index contributed by atoms with van der Waals surface area (Å²) in [5.41, 5.74) is 7.22. The fourth-order valence-corrected chi connectivity index (χ4v) is 1.82. The van der Waals surface area contributed by atoms with Gasteiger partial charge in [-0.1, -0.05) is 11.8 Å². The van der Waals surface area contributed by atoms with Crippen molar-refractivity contribution in [2.24, 2.45) is 5.73 Å². The fraction of sp³-hybridized carbons (Fsp3) is 0.333. The number of carbonyl (C=O) groups is 2. The van der Waals surface area contributed by atoms with Gasteiger partial charge in [0.25, 0.3) is 11.8 Å². The third-order valence-electron chi connectivity index (χ3n) is 3.09. The van der Waals surface area contributed by atoms with Crippen molar-refractivity contribution >= 4 is 11.8 Å². The van der Waals surface area contributed by atoms with Gasteiger partial charge in [0.1, 0.15) is 12.1 Å². The lowest BCUT2D eigenvalue weighted by atomic mass is 9.95. The molecule has 0 radical (unpaired) electrons. The summed E-state index contributed by atoms with van der Waals surface area (Å²) in [7, 11) is 0. The molecule has 25 heavy (non-hydrogen) atoms. The highest BCUT2D eigenvalue weighted by molar-refractivity contribution is 5.97. The van der Waals surface area contributed by atoms with Gasteiger partial charge in [-0.15, -0.1) is 0 Å². The number of aliphatic hydroxyl groups excluding tert-OH is 1. The number of nitrogens with two attached hydrogens (primary N) is 1. The third kappa shape index (κ3) is 6.66. The van der Waals surface area contributed by atoms with E-state index in [1.807, 2.05) is 0 Å². The smallest absolute Gasteiger partial charge is 0.267 e. The van der Waals surface area contributed by atoms with Gasteiger partial charge in [-0.3, -0.25) is 14.8 Å². The minimum Gasteiger partial charge on any atom is -0.381 e. The first-order valence-electron chi connectivity index (χ1n) is 7.48. The topological polar surface area (TPSA) is 125 Å². The molecule has 0 heterocycles. The van der Waals surface area contributed by atoms with Gasteiger partial charge in [-0.25, -0.2) is 5.48 Å². The lowest BCUT2D eigenvalue weighted by Gasteiger charge is -2.29. The van der Waals surface area contributed by atoms with Crippen molar-refractivity contribution in [3.8, 4) is 23.7 Å². The van der Waals surface area contributed by atoms with Crippen LogP contribution in [0.25, 0.3) is 0 Å².